The normalized spacial score (nSPS) is 14.9. The van der Waals surface area contributed by atoms with Crippen LogP contribution in [0, 0.1) is 0 Å². The van der Waals surface area contributed by atoms with E-state index in [1.165, 1.54) is 34.6 Å². The molecule has 32 heavy (non-hydrogen) atoms. The number of nitrogens with zero attached hydrogens (tertiary/aromatic N) is 1. The van der Waals surface area contributed by atoms with Crippen LogP contribution >= 0.6 is 11.6 Å². The van der Waals surface area contributed by atoms with Crippen LogP contribution in [0.15, 0.2) is 30.3 Å². The van der Waals surface area contributed by atoms with Gasteiger partial charge in [-0.3, -0.25) is 9.10 Å². The Bertz CT molecular complexity index is 1090. The van der Waals surface area contributed by atoms with Crippen molar-refractivity contribution in [1.82, 2.24) is 0 Å². The number of ether oxygens (including phenoxy) is 2. The van der Waals surface area contributed by atoms with Gasteiger partial charge in [-0.15, -0.1) is 0 Å². The molecule has 2 N–H and O–H groups in total. The Kier molecular flexibility index (Phi) is 7.73. The third-order valence-electron chi connectivity index (χ3n) is 4.93. The minimum atomic E-state index is -3.39. The SMILES string of the molecule is CCCCOc1c(Cl)cc(C(=O)Nc2cc(N3CCCS3(=O)=O)ccc2O)cc1OCC. The molecule has 1 heterocycles. The molecular formula is C22H27ClN2O6S. The summed E-state index contributed by atoms with van der Waals surface area (Å²) >= 11 is 6.36. The van der Waals surface area contributed by atoms with E-state index in [0.717, 1.165) is 12.8 Å². The zero-order valence-corrected chi connectivity index (χ0v) is 19.6. The smallest absolute Gasteiger partial charge is 0.255 e. The summed E-state index contributed by atoms with van der Waals surface area (Å²) < 4.78 is 37.0. The van der Waals surface area contributed by atoms with Gasteiger partial charge in [0.15, 0.2) is 11.5 Å². The summed E-state index contributed by atoms with van der Waals surface area (Å²) in [5, 5.41) is 13.1. The molecule has 0 atom stereocenters. The predicted octanol–water partition coefficient (Wildman–Crippen LogP) is 4.42. The molecule has 1 fully saturated rings. The average Bonchev–Trinajstić information content (AvgIpc) is 3.10. The van der Waals surface area contributed by atoms with E-state index < -0.39 is 15.9 Å². The number of phenols is 1. The maximum absolute atomic E-state index is 12.9. The molecule has 0 unspecified atom stereocenters. The number of aromatic hydroxyl groups is 1. The largest absolute Gasteiger partial charge is 0.506 e. The quantitative estimate of drug-likeness (QED) is 0.405. The fraction of sp³-hybridized carbons (Fsp3) is 0.409. The van der Waals surface area contributed by atoms with Crippen molar-refractivity contribution in [2.24, 2.45) is 0 Å². The van der Waals surface area contributed by atoms with Crippen LogP contribution < -0.4 is 19.1 Å². The molecule has 2 aromatic rings. The van der Waals surface area contributed by atoms with Gasteiger partial charge in [0.1, 0.15) is 5.75 Å². The highest BCUT2D eigenvalue weighted by Crippen LogP contribution is 2.38. The highest BCUT2D eigenvalue weighted by Gasteiger charge is 2.29. The molecule has 1 saturated heterocycles. The zero-order valence-electron chi connectivity index (χ0n) is 18.1. The Morgan fingerprint density at radius 2 is 2.00 bits per heavy atom. The van der Waals surface area contributed by atoms with E-state index in [1.54, 1.807) is 0 Å². The van der Waals surface area contributed by atoms with E-state index in [-0.39, 0.29) is 27.8 Å². The van der Waals surface area contributed by atoms with Gasteiger partial charge < -0.3 is 19.9 Å². The molecule has 174 valence electrons. The van der Waals surface area contributed by atoms with Gasteiger partial charge in [-0.1, -0.05) is 24.9 Å². The first-order chi connectivity index (χ1) is 15.3. The number of unbranched alkanes of at least 4 members (excludes halogenated alkanes) is 1. The first kappa shape index (κ1) is 24.0. The molecule has 0 radical (unpaired) electrons. The van der Waals surface area contributed by atoms with Gasteiger partial charge in [-0.05, 0) is 50.1 Å². The second-order valence-electron chi connectivity index (χ2n) is 7.32. The van der Waals surface area contributed by atoms with Gasteiger partial charge in [0.2, 0.25) is 10.0 Å². The van der Waals surface area contributed by atoms with E-state index in [1.807, 2.05) is 13.8 Å². The number of hydrogen-bond acceptors (Lipinski definition) is 6. The molecule has 3 rings (SSSR count). The fourth-order valence-corrected chi connectivity index (χ4v) is 5.15. The van der Waals surface area contributed by atoms with Crippen LogP contribution in [0.4, 0.5) is 11.4 Å². The zero-order chi connectivity index (χ0) is 23.3. The third kappa shape index (κ3) is 5.39. The number of anilines is 2. The van der Waals surface area contributed by atoms with Gasteiger partial charge in [0, 0.05) is 12.1 Å². The van der Waals surface area contributed by atoms with Gasteiger partial charge >= 0.3 is 0 Å². The number of sulfonamides is 1. The van der Waals surface area contributed by atoms with Crippen molar-refractivity contribution in [2.45, 2.75) is 33.1 Å². The van der Waals surface area contributed by atoms with E-state index in [2.05, 4.69) is 5.32 Å². The lowest BCUT2D eigenvalue weighted by molar-refractivity contribution is 0.102. The van der Waals surface area contributed by atoms with Crippen molar-refractivity contribution >= 4 is 38.9 Å². The van der Waals surface area contributed by atoms with Crippen molar-refractivity contribution in [3.8, 4) is 17.2 Å². The molecule has 0 bridgehead atoms. The summed E-state index contributed by atoms with van der Waals surface area (Å²) in [5.41, 5.74) is 0.676. The summed E-state index contributed by atoms with van der Waals surface area (Å²) in [5.74, 6) is 0.0741. The molecule has 0 aliphatic carbocycles. The first-order valence-corrected chi connectivity index (χ1v) is 12.5. The number of carbonyl (C=O) groups excluding carboxylic acids is 1. The molecule has 0 spiro atoms. The van der Waals surface area contributed by atoms with Gasteiger partial charge in [-0.2, -0.15) is 0 Å². The Morgan fingerprint density at radius 3 is 2.66 bits per heavy atom. The lowest BCUT2D eigenvalue weighted by Gasteiger charge is -2.19. The lowest BCUT2D eigenvalue weighted by atomic mass is 10.1. The van der Waals surface area contributed by atoms with E-state index in [0.29, 0.717) is 43.4 Å². The number of halogens is 1. The van der Waals surface area contributed by atoms with E-state index >= 15 is 0 Å². The van der Waals surface area contributed by atoms with Crippen molar-refractivity contribution in [3.63, 3.8) is 0 Å². The summed E-state index contributed by atoms with van der Waals surface area (Å²) in [4.78, 5) is 12.9. The van der Waals surface area contributed by atoms with Crippen LogP contribution in [0.3, 0.4) is 0 Å². The molecule has 2 aromatic carbocycles. The van der Waals surface area contributed by atoms with Crippen LogP contribution in [0.2, 0.25) is 5.02 Å². The Balaban J connectivity index is 1.86. The maximum Gasteiger partial charge on any atom is 0.255 e. The van der Waals surface area contributed by atoms with Gasteiger partial charge in [0.05, 0.1) is 35.4 Å². The standard InChI is InChI=1S/C22H27ClN2O6S/c1-3-5-10-31-21-17(23)12-15(13-20(21)30-4-2)22(27)24-18-14-16(7-8-19(18)26)25-9-6-11-32(25,28)29/h7-8,12-14,26H,3-6,9-11H2,1-2H3,(H,24,27). The van der Waals surface area contributed by atoms with Crippen LogP contribution in [-0.4, -0.2) is 44.9 Å². The Morgan fingerprint density at radius 1 is 1.22 bits per heavy atom. The molecule has 1 amide bonds. The topological polar surface area (TPSA) is 105 Å². The number of amides is 1. The Hall–Kier alpha value is -2.65. The number of carbonyl (C=O) groups is 1. The minimum Gasteiger partial charge on any atom is -0.506 e. The molecule has 1 aliphatic heterocycles. The van der Waals surface area contributed by atoms with Crippen LogP contribution in [0.25, 0.3) is 0 Å². The lowest BCUT2D eigenvalue weighted by Crippen LogP contribution is -2.25. The summed E-state index contributed by atoms with van der Waals surface area (Å²) in [6, 6.07) is 7.27. The van der Waals surface area contributed by atoms with Gasteiger partial charge in [-0.25, -0.2) is 8.42 Å². The second kappa shape index (κ2) is 10.3. The van der Waals surface area contributed by atoms with Crippen molar-refractivity contribution in [3.05, 3.63) is 40.9 Å². The molecule has 0 saturated carbocycles. The second-order valence-corrected chi connectivity index (χ2v) is 9.74. The monoisotopic (exact) mass is 482 g/mol. The van der Waals surface area contributed by atoms with E-state index in [9.17, 15) is 18.3 Å². The summed E-state index contributed by atoms with van der Waals surface area (Å²) in [6.45, 7) is 5.05. The number of nitrogens with one attached hydrogen (secondary N) is 1. The van der Waals surface area contributed by atoms with Crippen molar-refractivity contribution in [2.75, 3.05) is 35.1 Å². The number of rotatable bonds is 9. The predicted molar refractivity (Wildman–Crippen MR) is 125 cm³/mol. The highest BCUT2D eigenvalue weighted by molar-refractivity contribution is 7.93. The highest BCUT2D eigenvalue weighted by atomic mass is 35.5. The van der Waals surface area contributed by atoms with Gasteiger partial charge in [0.25, 0.3) is 5.91 Å². The molecule has 1 aliphatic rings. The van der Waals surface area contributed by atoms with Crippen LogP contribution in [0.1, 0.15) is 43.5 Å². The van der Waals surface area contributed by atoms with Crippen molar-refractivity contribution < 1.29 is 27.8 Å². The van der Waals surface area contributed by atoms with Crippen LogP contribution in [0.5, 0.6) is 17.2 Å². The fourth-order valence-electron chi connectivity index (χ4n) is 3.32. The molecule has 10 heteroatoms. The van der Waals surface area contributed by atoms with Crippen molar-refractivity contribution in [1.29, 1.82) is 0 Å². The molecule has 8 nitrogen and oxygen atoms in total. The average molecular weight is 483 g/mol. The molecule has 0 aromatic heterocycles. The number of phenolic OH excluding ortho intramolecular Hbond substituents is 1. The minimum absolute atomic E-state index is 0.0704. The van der Waals surface area contributed by atoms with E-state index in [4.69, 9.17) is 21.1 Å². The number of hydrogen-bond donors (Lipinski definition) is 2. The van der Waals surface area contributed by atoms with Crippen LogP contribution in [-0.2, 0) is 10.0 Å². The summed E-state index contributed by atoms with van der Waals surface area (Å²) in [6.07, 6.45) is 2.34. The number of benzene rings is 2. The summed E-state index contributed by atoms with van der Waals surface area (Å²) in [7, 11) is -3.39. The maximum atomic E-state index is 12.9. The first-order valence-electron chi connectivity index (χ1n) is 10.5. The Labute approximate surface area is 193 Å². The molecular weight excluding hydrogens is 456 g/mol. The third-order valence-corrected chi connectivity index (χ3v) is 7.08.